The molecule has 2 aromatic carbocycles. The second-order valence-corrected chi connectivity index (χ2v) is 8.55. The molecule has 1 unspecified atom stereocenters. The maximum Gasteiger partial charge on any atom is 0.258 e. The van der Waals surface area contributed by atoms with Crippen molar-refractivity contribution in [3.8, 4) is 17.1 Å². The van der Waals surface area contributed by atoms with Gasteiger partial charge in [-0.15, -0.1) is 11.8 Å². The Morgan fingerprint density at radius 3 is 2.47 bits per heavy atom. The van der Waals surface area contributed by atoms with E-state index in [-0.39, 0.29) is 6.04 Å². The van der Waals surface area contributed by atoms with Crippen LogP contribution in [0.5, 0.6) is 5.75 Å². The van der Waals surface area contributed by atoms with Crippen LogP contribution >= 0.6 is 24.0 Å². The number of thiocarbonyl (C=S) groups is 1. The summed E-state index contributed by atoms with van der Waals surface area (Å²) in [6.45, 7) is 7.46. The van der Waals surface area contributed by atoms with Crippen molar-refractivity contribution in [2.75, 3.05) is 19.4 Å². The molecular formula is C24H26N4O2S2. The van der Waals surface area contributed by atoms with Gasteiger partial charge in [0.15, 0.2) is 5.11 Å². The van der Waals surface area contributed by atoms with Gasteiger partial charge in [0.1, 0.15) is 5.75 Å². The van der Waals surface area contributed by atoms with Gasteiger partial charge in [-0.05, 0) is 81.2 Å². The molecule has 8 heteroatoms. The van der Waals surface area contributed by atoms with E-state index >= 15 is 0 Å². The van der Waals surface area contributed by atoms with Crippen LogP contribution in [0.25, 0.3) is 17.0 Å². The lowest BCUT2D eigenvalue weighted by molar-refractivity contribution is 0.340. The van der Waals surface area contributed by atoms with Gasteiger partial charge in [0.25, 0.3) is 5.89 Å². The molecule has 0 aliphatic carbocycles. The Bertz CT molecular complexity index is 1120. The number of benzene rings is 2. The number of hydrogen-bond donors (Lipinski definition) is 1. The number of rotatable bonds is 7. The molecule has 1 aromatic heterocycles. The zero-order chi connectivity index (χ0) is 22.7. The van der Waals surface area contributed by atoms with Crippen LogP contribution in [0.3, 0.4) is 0 Å². The summed E-state index contributed by atoms with van der Waals surface area (Å²) >= 11 is 7.36. The maximum absolute atomic E-state index is 5.77. The molecule has 0 fully saturated rings. The molecule has 2 heterocycles. The number of thioether (sulfide) groups is 1. The normalized spacial score (nSPS) is 16.3. The first kappa shape index (κ1) is 22.4. The van der Waals surface area contributed by atoms with Crippen LogP contribution < -0.4 is 10.1 Å². The number of nitrogens with one attached hydrogen (secondary N) is 1. The second kappa shape index (κ2) is 9.75. The maximum atomic E-state index is 5.77. The van der Waals surface area contributed by atoms with Gasteiger partial charge in [-0.2, -0.15) is 4.98 Å². The summed E-state index contributed by atoms with van der Waals surface area (Å²) in [4.78, 5) is 8.01. The van der Waals surface area contributed by atoms with Crippen LogP contribution in [0.15, 0.2) is 63.6 Å². The van der Waals surface area contributed by atoms with Crippen molar-refractivity contribution in [2.24, 2.45) is 0 Å². The van der Waals surface area contributed by atoms with Gasteiger partial charge < -0.3 is 19.5 Å². The van der Waals surface area contributed by atoms with Crippen molar-refractivity contribution < 1.29 is 9.26 Å². The molecule has 6 nitrogen and oxygen atoms in total. The van der Waals surface area contributed by atoms with Crippen LogP contribution in [-0.2, 0) is 0 Å². The fraction of sp³-hybridized carbons (Fsp3) is 0.292. The van der Waals surface area contributed by atoms with Gasteiger partial charge in [0.2, 0.25) is 5.82 Å². The van der Waals surface area contributed by atoms with Gasteiger partial charge >= 0.3 is 0 Å². The summed E-state index contributed by atoms with van der Waals surface area (Å²) in [6, 6.07) is 16.0. The summed E-state index contributed by atoms with van der Waals surface area (Å²) in [5.41, 5.74) is 3.91. The van der Waals surface area contributed by atoms with Gasteiger partial charge in [0.05, 0.1) is 18.2 Å². The molecule has 1 atom stereocenters. The Kier molecular flexibility index (Phi) is 6.81. The Balaban J connectivity index is 1.73. The molecule has 0 saturated heterocycles. The lowest BCUT2D eigenvalue weighted by Gasteiger charge is -2.36. The van der Waals surface area contributed by atoms with Crippen molar-refractivity contribution >= 4 is 34.7 Å². The smallest absolute Gasteiger partial charge is 0.258 e. The van der Waals surface area contributed by atoms with E-state index in [0.29, 0.717) is 23.4 Å². The lowest BCUT2D eigenvalue weighted by Crippen LogP contribution is -2.45. The fourth-order valence-corrected chi connectivity index (χ4v) is 4.59. The fourth-order valence-electron chi connectivity index (χ4n) is 3.80. The Morgan fingerprint density at radius 1 is 1.12 bits per heavy atom. The van der Waals surface area contributed by atoms with Crippen molar-refractivity contribution in [1.29, 1.82) is 0 Å². The first-order valence-corrected chi connectivity index (χ1v) is 12.2. The van der Waals surface area contributed by atoms with Crippen LogP contribution in [-0.4, -0.2) is 39.6 Å². The molecule has 166 valence electrons. The van der Waals surface area contributed by atoms with Crippen LogP contribution in [0.4, 0.5) is 0 Å². The highest BCUT2D eigenvalue weighted by Gasteiger charge is 2.33. The minimum absolute atomic E-state index is 0.171. The zero-order valence-electron chi connectivity index (χ0n) is 18.6. The predicted molar refractivity (Wildman–Crippen MR) is 133 cm³/mol. The number of aromatic nitrogens is 2. The molecule has 3 aromatic rings. The van der Waals surface area contributed by atoms with Crippen molar-refractivity contribution in [3.63, 3.8) is 0 Å². The molecule has 0 bridgehead atoms. The predicted octanol–water partition coefficient (Wildman–Crippen LogP) is 5.54. The van der Waals surface area contributed by atoms with Crippen molar-refractivity contribution in [1.82, 2.24) is 20.4 Å². The topological polar surface area (TPSA) is 63.4 Å². The molecule has 0 amide bonds. The second-order valence-electron chi connectivity index (χ2n) is 7.28. The molecule has 32 heavy (non-hydrogen) atoms. The molecule has 1 aliphatic heterocycles. The molecule has 0 spiro atoms. The van der Waals surface area contributed by atoms with Crippen LogP contribution in [0.2, 0.25) is 0 Å². The number of allylic oxidation sites excluding steroid dienone is 1. The van der Waals surface area contributed by atoms with Crippen LogP contribution in [0, 0.1) is 0 Å². The highest BCUT2D eigenvalue weighted by Crippen LogP contribution is 2.37. The van der Waals surface area contributed by atoms with Crippen molar-refractivity contribution in [2.45, 2.75) is 31.7 Å². The third-order valence-corrected chi connectivity index (χ3v) is 6.52. The average Bonchev–Trinajstić information content (AvgIpc) is 3.29. The summed E-state index contributed by atoms with van der Waals surface area (Å²) in [5, 5.41) is 8.42. The van der Waals surface area contributed by atoms with E-state index in [1.165, 1.54) is 4.90 Å². The highest BCUT2D eigenvalue weighted by atomic mass is 32.2. The van der Waals surface area contributed by atoms with E-state index in [1.807, 2.05) is 31.2 Å². The number of nitrogens with zero attached hydrogens (tertiary/aromatic N) is 3. The molecule has 4 rings (SSSR count). The number of hydrogen-bond acceptors (Lipinski definition) is 6. The van der Waals surface area contributed by atoms with Gasteiger partial charge in [-0.3, -0.25) is 0 Å². The summed E-state index contributed by atoms with van der Waals surface area (Å²) < 4.78 is 11.3. The lowest BCUT2D eigenvalue weighted by atomic mass is 9.95. The molecule has 1 N–H and O–H groups in total. The SMILES string of the molecule is CCOc1ccc(-c2noc(C3=C(C)N(CC)C(=S)NC3c3ccc(SC)cc3)n2)cc1. The van der Waals surface area contributed by atoms with E-state index in [0.717, 1.165) is 34.7 Å². The van der Waals surface area contributed by atoms with E-state index in [9.17, 15) is 0 Å². The molecule has 0 saturated carbocycles. The molecule has 1 aliphatic rings. The molecular weight excluding hydrogens is 440 g/mol. The average molecular weight is 467 g/mol. The Hall–Kier alpha value is -2.84. The first-order chi connectivity index (χ1) is 15.5. The standard InChI is InChI=1S/C24H26N4O2S2/c1-5-28-15(3)20(21(25-24(28)31)16-9-13-19(32-4)14-10-16)23-26-22(27-30-23)17-7-11-18(12-8-17)29-6-2/h7-14,21H,5-6H2,1-4H3,(H,25,31). The van der Waals surface area contributed by atoms with Crippen LogP contribution in [0.1, 0.15) is 38.3 Å². The first-order valence-electron chi connectivity index (χ1n) is 10.6. The Morgan fingerprint density at radius 2 is 1.84 bits per heavy atom. The zero-order valence-corrected chi connectivity index (χ0v) is 20.2. The molecule has 0 radical (unpaired) electrons. The van der Waals surface area contributed by atoms with E-state index in [1.54, 1.807) is 11.8 Å². The van der Waals surface area contributed by atoms with Gasteiger partial charge in [0, 0.05) is 22.7 Å². The number of ether oxygens (including phenoxy) is 1. The van der Waals surface area contributed by atoms with Crippen molar-refractivity contribution in [3.05, 3.63) is 65.7 Å². The monoisotopic (exact) mass is 466 g/mol. The van der Waals surface area contributed by atoms with E-state index in [4.69, 9.17) is 26.5 Å². The largest absolute Gasteiger partial charge is 0.494 e. The van der Waals surface area contributed by atoms with Gasteiger partial charge in [-0.25, -0.2) is 0 Å². The summed E-state index contributed by atoms with van der Waals surface area (Å²) in [5.74, 6) is 1.84. The van der Waals surface area contributed by atoms with E-state index < -0.39 is 0 Å². The minimum atomic E-state index is -0.171. The Labute approximate surface area is 198 Å². The summed E-state index contributed by atoms with van der Waals surface area (Å²) in [7, 11) is 0. The highest BCUT2D eigenvalue weighted by molar-refractivity contribution is 7.98. The quantitative estimate of drug-likeness (QED) is 0.360. The van der Waals surface area contributed by atoms with Gasteiger partial charge in [-0.1, -0.05) is 17.3 Å². The third kappa shape index (κ3) is 4.38. The summed E-state index contributed by atoms with van der Waals surface area (Å²) in [6.07, 6.45) is 2.07. The van der Waals surface area contributed by atoms with E-state index in [2.05, 4.69) is 59.7 Å². The minimum Gasteiger partial charge on any atom is -0.494 e. The third-order valence-electron chi connectivity index (χ3n) is 5.44.